The number of nitrogens with one attached hydrogen (secondary N) is 2. The Morgan fingerprint density at radius 2 is 1.83 bits per heavy atom. The van der Waals surface area contributed by atoms with E-state index in [4.69, 9.17) is 4.42 Å². The van der Waals surface area contributed by atoms with Crippen molar-refractivity contribution >= 4 is 40.6 Å². The van der Waals surface area contributed by atoms with Crippen LogP contribution in [0, 0.1) is 0 Å². The third kappa shape index (κ3) is 4.21. The second kappa shape index (κ2) is 7.43. The standard InChI is InChI=1S/C18H14N2O3S/c21-17(9-8-15-6-2-10-23-15)19-13-4-1-5-14(12-13)20-18(22)16-7-3-11-24-16/h1-12H,(H,19,21)(H,20,22). The molecule has 0 saturated heterocycles. The average molecular weight is 338 g/mol. The number of benzene rings is 1. The largest absolute Gasteiger partial charge is 0.465 e. The molecular weight excluding hydrogens is 324 g/mol. The van der Waals surface area contributed by atoms with Crippen molar-refractivity contribution in [2.75, 3.05) is 10.6 Å². The molecule has 0 bridgehead atoms. The van der Waals surface area contributed by atoms with Gasteiger partial charge in [0.25, 0.3) is 5.91 Å². The maximum Gasteiger partial charge on any atom is 0.265 e. The molecule has 0 aliphatic carbocycles. The van der Waals surface area contributed by atoms with Crippen LogP contribution in [0.3, 0.4) is 0 Å². The van der Waals surface area contributed by atoms with Gasteiger partial charge in [0, 0.05) is 17.5 Å². The first-order valence-electron chi connectivity index (χ1n) is 7.18. The van der Waals surface area contributed by atoms with Crippen LogP contribution >= 0.6 is 11.3 Å². The monoisotopic (exact) mass is 338 g/mol. The number of amides is 2. The fourth-order valence-electron chi connectivity index (χ4n) is 2.00. The number of carbonyl (C=O) groups excluding carboxylic acids is 2. The molecule has 3 rings (SSSR count). The normalized spacial score (nSPS) is 10.7. The van der Waals surface area contributed by atoms with E-state index in [1.54, 1.807) is 48.5 Å². The van der Waals surface area contributed by atoms with Crippen LogP contribution in [0.4, 0.5) is 11.4 Å². The zero-order valence-electron chi connectivity index (χ0n) is 12.6. The minimum absolute atomic E-state index is 0.175. The highest BCUT2D eigenvalue weighted by atomic mass is 32.1. The average Bonchev–Trinajstić information content (AvgIpc) is 3.27. The van der Waals surface area contributed by atoms with Gasteiger partial charge in [-0.3, -0.25) is 9.59 Å². The summed E-state index contributed by atoms with van der Waals surface area (Å²) in [5.41, 5.74) is 1.20. The van der Waals surface area contributed by atoms with E-state index >= 15 is 0 Å². The number of anilines is 2. The summed E-state index contributed by atoms with van der Waals surface area (Å²) in [6.45, 7) is 0. The van der Waals surface area contributed by atoms with Crippen molar-refractivity contribution < 1.29 is 14.0 Å². The number of carbonyl (C=O) groups is 2. The number of hydrogen-bond acceptors (Lipinski definition) is 4. The second-order valence-corrected chi connectivity index (χ2v) is 5.80. The van der Waals surface area contributed by atoms with E-state index in [2.05, 4.69) is 10.6 Å². The summed E-state index contributed by atoms with van der Waals surface area (Å²) in [5, 5.41) is 7.38. The predicted octanol–water partition coefficient (Wildman–Crippen LogP) is 4.25. The molecule has 0 saturated carbocycles. The molecule has 0 aliphatic rings. The Bertz CT molecular complexity index is 852. The summed E-state index contributed by atoms with van der Waals surface area (Å²) in [5.74, 6) is 0.140. The third-order valence-electron chi connectivity index (χ3n) is 3.08. The van der Waals surface area contributed by atoms with Gasteiger partial charge in [0.15, 0.2) is 0 Å². The Labute approximate surface area is 142 Å². The first-order chi connectivity index (χ1) is 11.7. The molecule has 0 fully saturated rings. The zero-order valence-corrected chi connectivity index (χ0v) is 13.4. The van der Waals surface area contributed by atoms with Crippen LogP contribution in [0.25, 0.3) is 6.08 Å². The van der Waals surface area contributed by atoms with Crippen molar-refractivity contribution in [3.05, 3.63) is 76.9 Å². The van der Waals surface area contributed by atoms with Crippen LogP contribution in [0.2, 0.25) is 0 Å². The van der Waals surface area contributed by atoms with Crippen molar-refractivity contribution in [1.29, 1.82) is 0 Å². The summed E-state index contributed by atoms with van der Waals surface area (Å²) in [6, 6.07) is 14.0. The van der Waals surface area contributed by atoms with Gasteiger partial charge in [-0.25, -0.2) is 0 Å². The van der Waals surface area contributed by atoms with Gasteiger partial charge in [0.1, 0.15) is 5.76 Å². The van der Waals surface area contributed by atoms with E-state index in [1.165, 1.54) is 23.7 Å². The molecule has 2 heterocycles. The van der Waals surface area contributed by atoms with Gasteiger partial charge in [0.2, 0.25) is 5.91 Å². The molecule has 6 heteroatoms. The summed E-state index contributed by atoms with van der Waals surface area (Å²) in [6.07, 6.45) is 4.50. The Morgan fingerprint density at radius 1 is 1.00 bits per heavy atom. The smallest absolute Gasteiger partial charge is 0.265 e. The van der Waals surface area contributed by atoms with E-state index < -0.39 is 0 Å². The summed E-state index contributed by atoms with van der Waals surface area (Å²) in [4.78, 5) is 24.6. The van der Waals surface area contributed by atoms with Crippen molar-refractivity contribution in [3.8, 4) is 0 Å². The Balaban J connectivity index is 1.62. The van der Waals surface area contributed by atoms with E-state index in [-0.39, 0.29) is 11.8 Å². The third-order valence-corrected chi connectivity index (χ3v) is 3.94. The molecule has 2 N–H and O–H groups in total. The van der Waals surface area contributed by atoms with Crippen LogP contribution in [-0.4, -0.2) is 11.8 Å². The lowest BCUT2D eigenvalue weighted by Crippen LogP contribution is -2.11. The minimum atomic E-state index is -0.284. The van der Waals surface area contributed by atoms with E-state index in [1.807, 2.05) is 11.4 Å². The summed E-state index contributed by atoms with van der Waals surface area (Å²) < 4.78 is 5.12. The lowest BCUT2D eigenvalue weighted by molar-refractivity contribution is -0.111. The molecule has 1 aromatic carbocycles. The zero-order chi connectivity index (χ0) is 16.8. The maximum absolute atomic E-state index is 12.0. The summed E-state index contributed by atoms with van der Waals surface area (Å²) in [7, 11) is 0. The van der Waals surface area contributed by atoms with Crippen LogP contribution in [-0.2, 0) is 4.79 Å². The maximum atomic E-state index is 12.0. The highest BCUT2D eigenvalue weighted by molar-refractivity contribution is 7.12. The molecule has 0 atom stereocenters. The SMILES string of the molecule is O=C(C=Cc1ccco1)Nc1cccc(NC(=O)c2cccs2)c1. The molecule has 5 nitrogen and oxygen atoms in total. The van der Waals surface area contributed by atoms with Gasteiger partial charge in [-0.15, -0.1) is 11.3 Å². The number of rotatable bonds is 5. The van der Waals surface area contributed by atoms with Crippen LogP contribution in [0.1, 0.15) is 15.4 Å². The quantitative estimate of drug-likeness (QED) is 0.683. The molecule has 24 heavy (non-hydrogen) atoms. The molecule has 2 aromatic heterocycles. The minimum Gasteiger partial charge on any atom is -0.465 e. The topological polar surface area (TPSA) is 71.3 Å². The van der Waals surface area contributed by atoms with Crippen LogP contribution < -0.4 is 10.6 Å². The van der Waals surface area contributed by atoms with Crippen molar-refractivity contribution in [2.45, 2.75) is 0 Å². The molecule has 0 radical (unpaired) electrons. The number of furan rings is 1. The molecule has 0 spiro atoms. The van der Waals surface area contributed by atoms with Gasteiger partial charge in [0.05, 0.1) is 11.1 Å². The van der Waals surface area contributed by atoms with Gasteiger partial charge in [-0.2, -0.15) is 0 Å². The van der Waals surface area contributed by atoms with Crippen molar-refractivity contribution in [2.24, 2.45) is 0 Å². The fraction of sp³-hybridized carbons (Fsp3) is 0. The lowest BCUT2D eigenvalue weighted by Gasteiger charge is -2.07. The molecular formula is C18H14N2O3S. The van der Waals surface area contributed by atoms with Crippen molar-refractivity contribution in [1.82, 2.24) is 0 Å². The Hall–Kier alpha value is -3.12. The first-order valence-corrected chi connectivity index (χ1v) is 8.06. The van der Waals surface area contributed by atoms with E-state index in [0.717, 1.165) is 0 Å². The fourth-order valence-corrected chi connectivity index (χ4v) is 2.62. The summed E-state index contributed by atoms with van der Waals surface area (Å²) >= 11 is 1.37. The predicted molar refractivity (Wildman–Crippen MR) is 95.1 cm³/mol. The van der Waals surface area contributed by atoms with Crippen molar-refractivity contribution in [3.63, 3.8) is 0 Å². The molecule has 3 aromatic rings. The number of hydrogen-bond donors (Lipinski definition) is 2. The van der Waals surface area contributed by atoms with Crippen LogP contribution in [0.15, 0.2) is 70.7 Å². The van der Waals surface area contributed by atoms with Gasteiger partial charge in [-0.1, -0.05) is 12.1 Å². The molecule has 2 amide bonds. The molecule has 0 aliphatic heterocycles. The van der Waals surface area contributed by atoms with E-state index in [0.29, 0.717) is 22.0 Å². The Morgan fingerprint density at radius 3 is 2.54 bits per heavy atom. The highest BCUT2D eigenvalue weighted by Crippen LogP contribution is 2.17. The van der Waals surface area contributed by atoms with E-state index in [9.17, 15) is 9.59 Å². The van der Waals surface area contributed by atoms with Gasteiger partial charge < -0.3 is 15.1 Å². The highest BCUT2D eigenvalue weighted by Gasteiger charge is 2.07. The number of thiophene rings is 1. The van der Waals surface area contributed by atoms with Crippen LogP contribution in [0.5, 0.6) is 0 Å². The van der Waals surface area contributed by atoms with Gasteiger partial charge >= 0.3 is 0 Å². The first kappa shape index (κ1) is 15.8. The molecule has 0 unspecified atom stereocenters. The van der Waals surface area contributed by atoms with Gasteiger partial charge in [-0.05, 0) is 47.9 Å². The second-order valence-electron chi connectivity index (χ2n) is 4.85. The molecule has 120 valence electrons. The lowest BCUT2D eigenvalue weighted by atomic mass is 10.2. The Kier molecular flexibility index (Phi) is 4.88.